The fraction of sp³-hybridized carbons (Fsp3) is 0.765. The molecule has 7 nitrogen and oxygen atoms in total. The Labute approximate surface area is 142 Å². The van der Waals surface area contributed by atoms with Gasteiger partial charge < -0.3 is 10.2 Å². The molecule has 0 unspecified atom stereocenters. The minimum atomic E-state index is -0.0445. The normalized spacial score (nSPS) is 24.2. The zero-order valence-electron chi connectivity index (χ0n) is 14.8. The monoisotopic (exact) mass is 333 g/mol. The molecule has 1 aromatic rings. The molecule has 0 bridgehead atoms. The highest BCUT2D eigenvalue weighted by Gasteiger charge is 2.31. The summed E-state index contributed by atoms with van der Waals surface area (Å²) in [4.78, 5) is 26.8. The molecule has 1 aliphatic heterocycles. The van der Waals surface area contributed by atoms with Gasteiger partial charge in [0.2, 0.25) is 5.91 Å². The van der Waals surface area contributed by atoms with Crippen molar-refractivity contribution in [2.75, 3.05) is 6.54 Å². The number of rotatable bonds is 4. The van der Waals surface area contributed by atoms with Gasteiger partial charge in [0.05, 0.1) is 13.1 Å². The largest absolute Gasteiger partial charge is 0.350 e. The van der Waals surface area contributed by atoms with E-state index in [0.29, 0.717) is 24.5 Å². The average molecular weight is 333 g/mol. The van der Waals surface area contributed by atoms with Crippen LogP contribution in [0.5, 0.6) is 0 Å². The van der Waals surface area contributed by atoms with Crippen LogP contribution in [-0.4, -0.2) is 44.3 Å². The van der Waals surface area contributed by atoms with Crippen LogP contribution in [0.15, 0.2) is 0 Å². The lowest BCUT2D eigenvalue weighted by molar-refractivity contribution is -0.126. The number of nitrogens with one attached hydrogen (secondary N) is 1. The molecule has 0 spiro atoms. The number of hydrogen-bond donors (Lipinski definition) is 1. The van der Waals surface area contributed by atoms with Gasteiger partial charge >= 0.3 is 0 Å². The van der Waals surface area contributed by atoms with Gasteiger partial charge in [-0.05, 0) is 45.4 Å². The number of carbonyl (C=O) groups excluding carboxylic acids is 2. The summed E-state index contributed by atoms with van der Waals surface area (Å²) in [6.45, 7) is 7.83. The second-order valence-corrected chi connectivity index (χ2v) is 7.37. The maximum absolute atomic E-state index is 12.6. The Balaban J connectivity index is 1.64. The number of nitrogens with zero attached hydrogens (tertiary/aromatic N) is 4. The lowest BCUT2D eigenvalue weighted by Gasteiger charge is -2.30. The fourth-order valence-electron chi connectivity index (χ4n) is 3.63. The molecule has 0 radical (unpaired) electrons. The summed E-state index contributed by atoms with van der Waals surface area (Å²) in [5.74, 6) is 0.845. The Hall–Kier alpha value is -1.92. The second-order valence-electron chi connectivity index (χ2n) is 7.37. The Morgan fingerprint density at radius 3 is 2.62 bits per heavy atom. The number of fused-ring (bicyclic) bond motifs is 1. The van der Waals surface area contributed by atoms with E-state index < -0.39 is 0 Å². The third-order valence-electron chi connectivity index (χ3n) is 5.26. The van der Waals surface area contributed by atoms with Crippen LogP contribution >= 0.6 is 0 Å². The van der Waals surface area contributed by atoms with Gasteiger partial charge in [-0.1, -0.05) is 12.1 Å². The summed E-state index contributed by atoms with van der Waals surface area (Å²) in [6.07, 6.45) is 4.13. The van der Waals surface area contributed by atoms with E-state index in [2.05, 4.69) is 22.6 Å². The number of hydrogen-bond acceptors (Lipinski definition) is 4. The summed E-state index contributed by atoms with van der Waals surface area (Å²) in [5, 5.41) is 11.1. The van der Waals surface area contributed by atoms with Crippen LogP contribution in [0.1, 0.15) is 62.6 Å². The summed E-state index contributed by atoms with van der Waals surface area (Å²) in [5.41, 5.74) is 1.09. The first kappa shape index (κ1) is 16.9. The Morgan fingerprint density at radius 1 is 1.25 bits per heavy atom. The van der Waals surface area contributed by atoms with Crippen molar-refractivity contribution < 1.29 is 9.59 Å². The van der Waals surface area contributed by atoms with Gasteiger partial charge in [-0.15, -0.1) is 5.10 Å². The van der Waals surface area contributed by atoms with E-state index in [9.17, 15) is 9.59 Å². The van der Waals surface area contributed by atoms with Crippen LogP contribution in [0.3, 0.4) is 0 Å². The molecule has 1 aromatic heterocycles. The standard InChI is InChI=1S/C17H27N5O2/c1-11(2)21-8-9-22-15(17(21)24)14(19-20-22)10-18-16(23)13-6-4-12(3)5-7-13/h11-13H,4-10H2,1-3H3,(H,18,23). The van der Waals surface area contributed by atoms with Crippen LogP contribution in [0, 0.1) is 11.8 Å². The van der Waals surface area contributed by atoms with Crippen molar-refractivity contribution in [1.82, 2.24) is 25.2 Å². The van der Waals surface area contributed by atoms with Crippen molar-refractivity contribution >= 4 is 11.8 Å². The van der Waals surface area contributed by atoms with Gasteiger partial charge in [-0.2, -0.15) is 0 Å². The maximum atomic E-state index is 12.6. The molecule has 0 aromatic carbocycles. The SMILES string of the molecule is CC1CCC(C(=O)NCc2nnn3c2C(=O)N(C(C)C)CC3)CC1. The van der Waals surface area contributed by atoms with E-state index in [1.807, 2.05) is 18.7 Å². The molecule has 0 atom stereocenters. The predicted octanol–water partition coefficient (Wildman–Crippen LogP) is 1.58. The molecule has 3 rings (SSSR count). The minimum Gasteiger partial charge on any atom is -0.350 e. The molecule has 24 heavy (non-hydrogen) atoms. The zero-order chi connectivity index (χ0) is 17.3. The molecule has 2 heterocycles. The van der Waals surface area contributed by atoms with Gasteiger partial charge in [-0.25, -0.2) is 4.68 Å². The van der Waals surface area contributed by atoms with Crippen molar-refractivity contribution in [3.05, 3.63) is 11.4 Å². The zero-order valence-corrected chi connectivity index (χ0v) is 14.8. The number of carbonyl (C=O) groups is 2. The minimum absolute atomic E-state index is 0.0445. The lowest BCUT2D eigenvalue weighted by Crippen LogP contribution is -2.45. The van der Waals surface area contributed by atoms with Crippen LogP contribution in [0.2, 0.25) is 0 Å². The number of amides is 2. The average Bonchev–Trinajstić information content (AvgIpc) is 2.97. The van der Waals surface area contributed by atoms with Crippen LogP contribution in [-0.2, 0) is 17.9 Å². The van der Waals surface area contributed by atoms with Crippen LogP contribution in [0.25, 0.3) is 0 Å². The third-order valence-corrected chi connectivity index (χ3v) is 5.26. The summed E-state index contributed by atoms with van der Waals surface area (Å²) in [6, 6.07) is 0.146. The Morgan fingerprint density at radius 2 is 1.96 bits per heavy atom. The molecule has 1 saturated carbocycles. The van der Waals surface area contributed by atoms with Crippen molar-refractivity contribution in [3.8, 4) is 0 Å². The highest BCUT2D eigenvalue weighted by atomic mass is 16.2. The van der Waals surface area contributed by atoms with Crippen LogP contribution in [0.4, 0.5) is 0 Å². The van der Waals surface area contributed by atoms with Gasteiger partial charge in [0.25, 0.3) is 5.91 Å². The molecule has 1 aliphatic carbocycles. The van der Waals surface area contributed by atoms with E-state index >= 15 is 0 Å². The van der Waals surface area contributed by atoms with E-state index in [4.69, 9.17) is 0 Å². The van der Waals surface area contributed by atoms with Gasteiger partial charge in [0.15, 0.2) is 5.69 Å². The molecule has 2 amide bonds. The van der Waals surface area contributed by atoms with E-state index in [1.54, 1.807) is 4.68 Å². The summed E-state index contributed by atoms with van der Waals surface area (Å²) >= 11 is 0. The lowest BCUT2D eigenvalue weighted by atomic mass is 9.82. The topological polar surface area (TPSA) is 80.1 Å². The van der Waals surface area contributed by atoms with E-state index in [-0.39, 0.29) is 30.3 Å². The Kier molecular flexibility index (Phi) is 4.87. The van der Waals surface area contributed by atoms with Gasteiger partial charge in [0.1, 0.15) is 5.69 Å². The van der Waals surface area contributed by atoms with Gasteiger partial charge in [0, 0.05) is 18.5 Å². The van der Waals surface area contributed by atoms with Crippen molar-refractivity contribution in [2.45, 2.75) is 65.6 Å². The molecule has 1 fully saturated rings. The first-order valence-electron chi connectivity index (χ1n) is 8.98. The molecule has 1 N–H and O–H groups in total. The molecule has 0 saturated heterocycles. The summed E-state index contributed by atoms with van der Waals surface area (Å²) < 4.78 is 1.66. The molecular weight excluding hydrogens is 306 g/mol. The smallest absolute Gasteiger partial charge is 0.274 e. The molecule has 7 heteroatoms. The van der Waals surface area contributed by atoms with Crippen molar-refractivity contribution in [2.24, 2.45) is 11.8 Å². The summed E-state index contributed by atoms with van der Waals surface area (Å²) in [7, 11) is 0. The van der Waals surface area contributed by atoms with E-state index in [1.165, 1.54) is 0 Å². The van der Waals surface area contributed by atoms with Crippen molar-refractivity contribution in [3.63, 3.8) is 0 Å². The van der Waals surface area contributed by atoms with Gasteiger partial charge in [-0.3, -0.25) is 9.59 Å². The quantitative estimate of drug-likeness (QED) is 0.907. The first-order valence-corrected chi connectivity index (χ1v) is 8.98. The van der Waals surface area contributed by atoms with Crippen molar-refractivity contribution in [1.29, 1.82) is 0 Å². The predicted molar refractivity (Wildman–Crippen MR) is 89.2 cm³/mol. The maximum Gasteiger partial charge on any atom is 0.274 e. The highest BCUT2D eigenvalue weighted by Crippen LogP contribution is 2.28. The highest BCUT2D eigenvalue weighted by molar-refractivity contribution is 5.94. The van der Waals surface area contributed by atoms with Crippen LogP contribution < -0.4 is 5.32 Å². The number of aromatic nitrogens is 3. The molecule has 2 aliphatic rings. The molecular formula is C17H27N5O2. The molecule has 132 valence electrons. The third kappa shape index (κ3) is 3.30. The second kappa shape index (κ2) is 6.91. The Bertz CT molecular complexity index is 616. The fourth-order valence-corrected chi connectivity index (χ4v) is 3.63. The van der Waals surface area contributed by atoms with E-state index in [0.717, 1.165) is 31.6 Å². The first-order chi connectivity index (χ1) is 11.5.